The number of carbonyl (C=O) groups excluding carboxylic acids is 1. The van der Waals surface area contributed by atoms with E-state index in [1.807, 2.05) is 36.1 Å². The molecule has 1 N–H and O–H groups in total. The van der Waals surface area contributed by atoms with Crippen molar-refractivity contribution in [2.45, 2.75) is 58.4 Å². The summed E-state index contributed by atoms with van der Waals surface area (Å²) < 4.78 is 0. The highest BCUT2D eigenvalue weighted by Gasteiger charge is 2.26. The summed E-state index contributed by atoms with van der Waals surface area (Å²) in [7, 11) is 0. The standard InChI is InChI=1S/C26H29N3OS/c1-17-7-6-8-21(15-17)25(30)29-14-13-19-16-20(11-12-23(19)29)24-18(2)31-26(28-24)27-22-9-4-3-5-10-22/h6-8,11-12,15-16,22H,3-5,9-10,13-14H2,1-2H3,(H,27,28). The number of nitrogens with one attached hydrogen (secondary N) is 1. The molecule has 1 aliphatic heterocycles. The molecule has 5 heteroatoms. The van der Waals surface area contributed by atoms with Crippen LogP contribution in [0.15, 0.2) is 42.5 Å². The molecule has 1 saturated carbocycles. The average molecular weight is 432 g/mol. The number of benzene rings is 2. The second kappa shape index (κ2) is 8.46. The molecule has 0 radical (unpaired) electrons. The van der Waals surface area contributed by atoms with E-state index in [0.717, 1.165) is 46.2 Å². The number of amides is 1. The molecular weight excluding hydrogens is 402 g/mol. The van der Waals surface area contributed by atoms with Crippen LogP contribution in [0.3, 0.4) is 0 Å². The maximum atomic E-state index is 13.1. The van der Waals surface area contributed by atoms with Gasteiger partial charge in [0.2, 0.25) is 0 Å². The maximum Gasteiger partial charge on any atom is 0.258 e. The number of hydrogen-bond donors (Lipinski definition) is 1. The zero-order chi connectivity index (χ0) is 21.4. The van der Waals surface area contributed by atoms with Gasteiger partial charge in [-0.3, -0.25) is 4.79 Å². The predicted octanol–water partition coefficient (Wildman–Crippen LogP) is 6.37. The topological polar surface area (TPSA) is 45.2 Å². The van der Waals surface area contributed by atoms with Crippen LogP contribution in [-0.4, -0.2) is 23.5 Å². The van der Waals surface area contributed by atoms with Gasteiger partial charge < -0.3 is 10.2 Å². The maximum absolute atomic E-state index is 13.1. The zero-order valence-corrected chi connectivity index (χ0v) is 19.1. The highest BCUT2D eigenvalue weighted by Crippen LogP contribution is 2.37. The lowest BCUT2D eigenvalue weighted by Gasteiger charge is -2.22. The molecule has 0 atom stereocenters. The van der Waals surface area contributed by atoms with Crippen LogP contribution in [0.4, 0.5) is 10.8 Å². The van der Waals surface area contributed by atoms with Crippen molar-refractivity contribution in [1.82, 2.24) is 4.98 Å². The largest absolute Gasteiger partial charge is 0.359 e. The van der Waals surface area contributed by atoms with Crippen LogP contribution in [0, 0.1) is 13.8 Å². The van der Waals surface area contributed by atoms with Gasteiger partial charge in [0.25, 0.3) is 5.91 Å². The Kier molecular flexibility index (Phi) is 5.53. The second-order valence-electron chi connectivity index (χ2n) is 8.82. The fourth-order valence-electron chi connectivity index (χ4n) is 4.84. The van der Waals surface area contributed by atoms with Crippen molar-refractivity contribution in [2.24, 2.45) is 0 Å². The first-order chi connectivity index (χ1) is 15.1. The van der Waals surface area contributed by atoms with Crippen LogP contribution < -0.4 is 10.2 Å². The van der Waals surface area contributed by atoms with Crippen molar-refractivity contribution in [2.75, 3.05) is 16.8 Å². The van der Waals surface area contributed by atoms with Gasteiger partial charge in [0, 0.05) is 34.3 Å². The Morgan fingerprint density at radius 3 is 2.74 bits per heavy atom. The molecule has 0 spiro atoms. The van der Waals surface area contributed by atoms with E-state index in [2.05, 4.69) is 30.4 Å². The van der Waals surface area contributed by atoms with Crippen LogP contribution in [-0.2, 0) is 6.42 Å². The molecule has 0 bridgehead atoms. The molecule has 1 fully saturated rings. The first kappa shape index (κ1) is 20.3. The minimum Gasteiger partial charge on any atom is -0.359 e. The molecule has 2 aliphatic rings. The number of hydrogen-bond acceptors (Lipinski definition) is 4. The van der Waals surface area contributed by atoms with Crippen molar-refractivity contribution >= 4 is 28.1 Å². The Bertz CT molecular complexity index is 1110. The molecule has 2 heterocycles. The monoisotopic (exact) mass is 431 g/mol. The molecule has 0 unspecified atom stereocenters. The van der Waals surface area contributed by atoms with E-state index < -0.39 is 0 Å². The number of thiazole rings is 1. The Morgan fingerprint density at radius 2 is 1.94 bits per heavy atom. The summed E-state index contributed by atoms with van der Waals surface area (Å²) >= 11 is 1.75. The lowest BCUT2D eigenvalue weighted by molar-refractivity contribution is 0.0989. The van der Waals surface area contributed by atoms with Crippen molar-refractivity contribution < 1.29 is 4.79 Å². The lowest BCUT2D eigenvalue weighted by atomic mass is 9.96. The average Bonchev–Trinajstić information content (AvgIpc) is 3.36. The molecule has 3 aromatic rings. The third-order valence-corrected chi connectivity index (χ3v) is 7.39. The normalized spacial score (nSPS) is 16.4. The summed E-state index contributed by atoms with van der Waals surface area (Å²) in [5.74, 6) is 0.0824. The summed E-state index contributed by atoms with van der Waals surface area (Å²) in [6, 6.07) is 14.8. The minimum absolute atomic E-state index is 0.0824. The fraction of sp³-hybridized carbons (Fsp3) is 0.385. The lowest BCUT2D eigenvalue weighted by Crippen LogP contribution is -2.28. The molecule has 1 aliphatic carbocycles. The van der Waals surface area contributed by atoms with Gasteiger partial charge in [-0.1, -0.05) is 43.0 Å². The van der Waals surface area contributed by atoms with E-state index in [-0.39, 0.29) is 5.91 Å². The van der Waals surface area contributed by atoms with Gasteiger partial charge in [0.15, 0.2) is 5.13 Å². The Hall–Kier alpha value is -2.66. The molecule has 5 rings (SSSR count). The van der Waals surface area contributed by atoms with Gasteiger partial charge in [0.05, 0.1) is 5.69 Å². The number of anilines is 2. The van der Waals surface area contributed by atoms with Crippen LogP contribution in [0.2, 0.25) is 0 Å². The summed E-state index contributed by atoms with van der Waals surface area (Å²) in [5, 5.41) is 4.70. The van der Waals surface area contributed by atoms with Gasteiger partial charge in [-0.15, -0.1) is 11.3 Å². The molecule has 2 aromatic carbocycles. The smallest absolute Gasteiger partial charge is 0.258 e. The Balaban J connectivity index is 1.37. The van der Waals surface area contributed by atoms with E-state index in [9.17, 15) is 4.79 Å². The molecule has 160 valence electrons. The van der Waals surface area contributed by atoms with Gasteiger partial charge in [-0.2, -0.15) is 0 Å². The van der Waals surface area contributed by atoms with Crippen LogP contribution >= 0.6 is 11.3 Å². The van der Waals surface area contributed by atoms with Crippen molar-refractivity contribution in [3.05, 3.63) is 64.0 Å². The number of carbonyl (C=O) groups is 1. The molecule has 4 nitrogen and oxygen atoms in total. The SMILES string of the molecule is Cc1cccc(C(=O)N2CCc3cc(-c4nc(NC5CCCCC5)sc4C)ccc32)c1. The van der Waals surface area contributed by atoms with Crippen LogP contribution in [0.5, 0.6) is 0 Å². The van der Waals surface area contributed by atoms with E-state index in [1.165, 1.54) is 42.5 Å². The van der Waals surface area contributed by atoms with Crippen molar-refractivity contribution in [1.29, 1.82) is 0 Å². The van der Waals surface area contributed by atoms with E-state index in [1.54, 1.807) is 11.3 Å². The van der Waals surface area contributed by atoms with Gasteiger partial charge in [0.1, 0.15) is 0 Å². The highest BCUT2D eigenvalue weighted by molar-refractivity contribution is 7.16. The Morgan fingerprint density at radius 1 is 1.10 bits per heavy atom. The third kappa shape index (κ3) is 4.11. The summed E-state index contributed by atoms with van der Waals surface area (Å²) in [6.45, 7) is 4.91. The van der Waals surface area contributed by atoms with Crippen molar-refractivity contribution in [3.8, 4) is 11.3 Å². The fourth-order valence-corrected chi connectivity index (χ4v) is 5.75. The zero-order valence-electron chi connectivity index (χ0n) is 18.3. The van der Waals surface area contributed by atoms with E-state index in [0.29, 0.717) is 6.04 Å². The highest BCUT2D eigenvalue weighted by atomic mass is 32.1. The van der Waals surface area contributed by atoms with Gasteiger partial charge >= 0.3 is 0 Å². The minimum atomic E-state index is 0.0824. The van der Waals surface area contributed by atoms with Crippen LogP contribution in [0.1, 0.15) is 58.5 Å². The first-order valence-electron chi connectivity index (χ1n) is 11.3. The number of aromatic nitrogens is 1. The summed E-state index contributed by atoms with van der Waals surface area (Å²) in [5.41, 5.74) is 6.34. The van der Waals surface area contributed by atoms with Gasteiger partial charge in [-0.25, -0.2) is 4.98 Å². The second-order valence-corrected chi connectivity index (χ2v) is 10.0. The number of nitrogens with zero attached hydrogens (tertiary/aromatic N) is 2. The first-order valence-corrected chi connectivity index (χ1v) is 12.2. The molecule has 1 amide bonds. The van der Waals surface area contributed by atoms with Gasteiger partial charge in [-0.05, 0) is 62.9 Å². The van der Waals surface area contributed by atoms with E-state index in [4.69, 9.17) is 4.98 Å². The molecule has 1 aromatic heterocycles. The molecule has 0 saturated heterocycles. The van der Waals surface area contributed by atoms with E-state index >= 15 is 0 Å². The van der Waals surface area contributed by atoms with Crippen LogP contribution in [0.25, 0.3) is 11.3 Å². The number of aryl methyl sites for hydroxylation is 2. The molecule has 31 heavy (non-hydrogen) atoms. The Labute approximate surface area is 188 Å². The summed E-state index contributed by atoms with van der Waals surface area (Å²) in [6.07, 6.45) is 7.38. The number of rotatable bonds is 4. The van der Waals surface area contributed by atoms with Crippen molar-refractivity contribution in [3.63, 3.8) is 0 Å². The predicted molar refractivity (Wildman–Crippen MR) is 129 cm³/mol. The number of fused-ring (bicyclic) bond motifs is 1. The molecular formula is C26H29N3OS. The third-order valence-electron chi connectivity index (χ3n) is 6.49. The summed E-state index contributed by atoms with van der Waals surface area (Å²) in [4.78, 5) is 21.2. The quantitative estimate of drug-likeness (QED) is 0.522.